The van der Waals surface area contributed by atoms with E-state index in [0.29, 0.717) is 12.1 Å². The Morgan fingerprint density at radius 3 is 3.11 bits per heavy atom. The van der Waals surface area contributed by atoms with Crippen molar-refractivity contribution in [2.45, 2.75) is 6.42 Å². The van der Waals surface area contributed by atoms with Gasteiger partial charge in [-0.25, -0.2) is 0 Å². The van der Waals surface area contributed by atoms with Crippen molar-refractivity contribution in [2.75, 3.05) is 5.32 Å². The summed E-state index contributed by atoms with van der Waals surface area (Å²) in [7, 11) is 0. The first-order valence-corrected chi connectivity index (χ1v) is 5.57. The van der Waals surface area contributed by atoms with Crippen molar-refractivity contribution in [3.8, 4) is 0 Å². The molecule has 0 saturated heterocycles. The number of rotatable bonds is 3. The van der Waals surface area contributed by atoms with Crippen LogP contribution in [0.3, 0.4) is 0 Å². The minimum absolute atomic E-state index is 0.0945. The number of nitrogens with one attached hydrogen (secondary N) is 2. The van der Waals surface area contributed by atoms with Crippen molar-refractivity contribution in [1.82, 2.24) is 10.1 Å². The molecule has 5 nitrogen and oxygen atoms in total. The van der Waals surface area contributed by atoms with Gasteiger partial charge in [-0.15, -0.1) is 0 Å². The van der Waals surface area contributed by atoms with E-state index in [4.69, 9.17) is 0 Å². The Morgan fingerprint density at radius 2 is 2.28 bits per heavy atom. The van der Waals surface area contributed by atoms with Crippen LogP contribution in [-0.2, 0) is 11.2 Å². The van der Waals surface area contributed by atoms with Gasteiger partial charge >= 0.3 is 0 Å². The zero-order chi connectivity index (χ0) is 12.4. The zero-order valence-corrected chi connectivity index (χ0v) is 9.51. The first-order chi connectivity index (χ1) is 8.83. The molecule has 0 radical (unpaired) electrons. The minimum Gasteiger partial charge on any atom is -0.363 e. The maximum Gasteiger partial charge on any atom is 0.229 e. The number of fused-ring (bicyclic) bond motifs is 1. The Hall–Kier alpha value is -2.56. The standard InChI is InChI=1S/C13H11N3O2/c17-13(16-10-7-15-18-8-10)5-9-6-14-12-4-2-1-3-11(9)12/h1-4,6-8,14H,5H2,(H,16,17). The molecule has 2 aromatic heterocycles. The Bertz CT molecular complexity index is 670. The van der Waals surface area contributed by atoms with Crippen molar-refractivity contribution in [3.05, 3.63) is 48.5 Å². The molecule has 0 bridgehead atoms. The third-order valence-electron chi connectivity index (χ3n) is 2.74. The predicted molar refractivity (Wildman–Crippen MR) is 67.1 cm³/mol. The zero-order valence-electron chi connectivity index (χ0n) is 9.51. The number of benzene rings is 1. The Morgan fingerprint density at radius 1 is 1.39 bits per heavy atom. The molecule has 0 spiro atoms. The van der Waals surface area contributed by atoms with Crippen molar-refractivity contribution in [1.29, 1.82) is 0 Å². The SMILES string of the molecule is O=C(Cc1c[nH]c2ccccc12)Nc1cnoc1. The summed E-state index contributed by atoms with van der Waals surface area (Å²) < 4.78 is 4.65. The molecule has 2 heterocycles. The average Bonchev–Trinajstić information content (AvgIpc) is 3.00. The number of H-pyrrole nitrogens is 1. The van der Waals surface area contributed by atoms with E-state index in [2.05, 4.69) is 20.0 Å². The summed E-state index contributed by atoms with van der Waals surface area (Å²) in [6.07, 6.45) is 5.04. The van der Waals surface area contributed by atoms with Crippen LogP contribution in [0, 0.1) is 0 Å². The van der Waals surface area contributed by atoms with Crippen LogP contribution in [-0.4, -0.2) is 16.0 Å². The van der Waals surface area contributed by atoms with Gasteiger partial charge in [-0.1, -0.05) is 23.4 Å². The van der Waals surface area contributed by atoms with Crippen LogP contribution in [0.4, 0.5) is 5.69 Å². The lowest BCUT2D eigenvalue weighted by Gasteiger charge is -2.00. The first kappa shape index (κ1) is 10.6. The molecule has 3 rings (SSSR count). The van der Waals surface area contributed by atoms with Gasteiger partial charge < -0.3 is 14.8 Å². The highest BCUT2D eigenvalue weighted by atomic mass is 16.5. The van der Waals surface area contributed by atoms with Crippen LogP contribution in [0.15, 0.2) is 47.4 Å². The average molecular weight is 241 g/mol. The monoisotopic (exact) mass is 241 g/mol. The first-order valence-electron chi connectivity index (χ1n) is 5.57. The van der Waals surface area contributed by atoms with Crippen molar-refractivity contribution in [2.24, 2.45) is 0 Å². The van der Waals surface area contributed by atoms with E-state index in [1.54, 1.807) is 0 Å². The van der Waals surface area contributed by atoms with E-state index < -0.39 is 0 Å². The lowest BCUT2D eigenvalue weighted by atomic mass is 10.1. The Kier molecular flexibility index (Phi) is 2.57. The Labute approximate surface area is 103 Å². The quantitative estimate of drug-likeness (QED) is 0.739. The number of hydrogen-bond acceptors (Lipinski definition) is 3. The number of amides is 1. The number of aromatic nitrogens is 2. The molecule has 0 aliphatic carbocycles. The van der Waals surface area contributed by atoms with Gasteiger partial charge in [0.1, 0.15) is 12.0 Å². The maximum atomic E-state index is 11.8. The molecule has 3 aromatic rings. The molecular formula is C13H11N3O2. The van der Waals surface area contributed by atoms with Gasteiger partial charge in [-0.05, 0) is 11.6 Å². The summed E-state index contributed by atoms with van der Waals surface area (Å²) in [5, 5.41) is 7.31. The highest BCUT2D eigenvalue weighted by molar-refractivity contribution is 5.95. The molecule has 90 valence electrons. The molecule has 1 amide bonds. The van der Waals surface area contributed by atoms with E-state index in [9.17, 15) is 4.79 Å². The largest absolute Gasteiger partial charge is 0.363 e. The van der Waals surface area contributed by atoms with Gasteiger partial charge in [0.15, 0.2) is 0 Å². The molecule has 18 heavy (non-hydrogen) atoms. The fourth-order valence-corrected chi connectivity index (χ4v) is 1.92. The summed E-state index contributed by atoms with van der Waals surface area (Å²) in [6, 6.07) is 7.89. The lowest BCUT2D eigenvalue weighted by Crippen LogP contribution is -2.13. The number of para-hydroxylation sites is 1. The highest BCUT2D eigenvalue weighted by Crippen LogP contribution is 2.18. The number of hydrogen-bond donors (Lipinski definition) is 2. The molecule has 0 saturated carbocycles. The van der Waals surface area contributed by atoms with Crippen molar-refractivity contribution in [3.63, 3.8) is 0 Å². The number of aromatic amines is 1. The maximum absolute atomic E-state index is 11.8. The molecule has 1 aromatic carbocycles. The van der Waals surface area contributed by atoms with Gasteiger partial charge in [-0.2, -0.15) is 0 Å². The van der Waals surface area contributed by atoms with E-state index in [1.165, 1.54) is 12.5 Å². The molecule has 5 heteroatoms. The summed E-state index contributed by atoms with van der Waals surface area (Å²) in [6.45, 7) is 0. The van der Waals surface area contributed by atoms with E-state index in [1.807, 2.05) is 30.5 Å². The molecule has 0 aliphatic rings. The number of carbonyl (C=O) groups is 1. The molecule has 0 fully saturated rings. The second-order valence-electron chi connectivity index (χ2n) is 4.00. The second kappa shape index (κ2) is 4.37. The molecule has 0 aliphatic heterocycles. The van der Waals surface area contributed by atoms with E-state index >= 15 is 0 Å². The van der Waals surface area contributed by atoms with Crippen LogP contribution in [0.5, 0.6) is 0 Å². The third kappa shape index (κ3) is 1.98. The second-order valence-corrected chi connectivity index (χ2v) is 4.00. The van der Waals surface area contributed by atoms with Crippen LogP contribution < -0.4 is 5.32 Å². The van der Waals surface area contributed by atoms with Crippen LogP contribution in [0.25, 0.3) is 10.9 Å². The van der Waals surface area contributed by atoms with Crippen LogP contribution >= 0.6 is 0 Å². The molecular weight excluding hydrogens is 230 g/mol. The topological polar surface area (TPSA) is 70.9 Å². The summed E-state index contributed by atoms with van der Waals surface area (Å²) >= 11 is 0. The van der Waals surface area contributed by atoms with Gasteiger partial charge in [0.05, 0.1) is 12.6 Å². The van der Waals surface area contributed by atoms with Crippen molar-refractivity contribution >= 4 is 22.5 Å². The highest BCUT2D eigenvalue weighted by Gasteiger charge is 2.09. The van der Waals surface area contributed by atoms with Crippen LogP contribution in [0.1, 0.15) is 5.56 Å². The number of carbonyl (C=O) groups excluding carboxylic acids is 1. The fraction of sp³-hybridized carbons (Fsp3) is 0.0769. The smallest absolute Gasteiger partial charge is 0.229 e. The van der Waals surface area contributed by atoms with Gasteiger partial charge in [0.25, 0.3) is 0 Å². The van der Waals surface area contributed by atoms with Gasteiger partial charge in [-0.3, -0.25) is 4.79 Å². The van der Waals surface area contributed by atoms with E-state index in [0.717, 1.165) is 16.5 Å². The van der Waals surface area contributed by atoms with Crippen LogP contribution in [0.2, 0.25) is 0 Å². The predicted octanol–water partition coefficient (Wildman–Crippen LogP) is 2.34. The molecule has 2 N–H and O–H groups in total. The lowest BCUT2D eigenvalue weighted by molar-refractivity contribution is -0.115. The normalized spacial score (nSPS) is 10.7. The fourth-order valence-electron chi connectivity index (χ4n) is 1.92. The minimum atomic E-state index is -0.0945. The van der Waals surface area contributed by atoms with E-state index in [-0.39, 0.29) is 5.91 Å². The summed E-state index contributed by atoms with van der Waals surface area (Å²) in [5.41, 5.74) is 2.57. The summed E-state index contributed by atoms with van der Waals surface area (Å²) in [5.74, 6) is -0.0945. The number of anilines is 1. The Balaban J connectivity index is 1.78. The third-order valence-corrected chi connectivity index (χ3v) is 2.74. The summed E-state index contributed by atoms with van der Waals surface area (Å²) in [4.78, 5) is 15.0. The van der Waals surface area contributed by atoms with Gasteiger partial charge in [0, 0.05) is 17.1 Å². The van der Waals surface area contributed by atoms with Gasteiger partial charge in [0.2, 0.25) is 5.91 Å². The molecule has 0 unspecified atom stereocenters. The molecule has 0 atom stereocenters. The number of nitrogens with zero attached hydrogens (tertiary/aromatic N) is 1. The van der Waals surface area contributed by atoms with Crippen molar-refractivity contribution < 1.29 is 9.32 Å².